The molecule has 1 N–H and O–H groups in total. The lowest BCUT2D eigenvalue weighted by Gasteiger charge is -2.30. The van der Waals surface area contributed by atoms with Crippen molar-refractivity contribution in [2.45, 2.75) is 58.5 Å². The van der Waals surface area contributed by atoms with Crippen LogP contribution in [-0.2, 0) is 24.4 Å². The Morgan fingerprint density at radius 3 is 2.87 bits per heavy atom. The molecule has 2 atom stereocenters. The third-order valence-corrected chi connectivity index (χ3v) is 7.23. The van der Waals surface area contributed by atoms with Crippen LogP contribution in [0.4, 0.5) is 0 Å². The molecule has 39 heavy (non-hydrogen) atoms. The molecule has 1 fully saturated rings. The van der Waals surface area contributed by atoms with Gasteiger partial charge in [0.1, 0.15) is 11.8 Å². The predicted molar refractivity (Wildman–Crippen MR) is 145 cm³/mol. The summed E-state index contributed by atoms with van der Waals surface area (Å²) in [6.07, 6.45) is 7.23. The van der Waals surface area contributed by atoms with E-state index >= 15 is 0 Å². The van der Waals surface area contributed by atoms with Crippen LogP contribution in [0.1, 0.15) is 52.7 Å². The molecule has 10 heteroatoms. The number of aromatic nitrogens is 6. The van der Waals surface area contributed by atoms with Gasteiger partial charge < -0.3 is 14.1 Å². The molecule has 200 valence electrons. The molecule has 0 aliphatic carbocycles. The standard InChI is InChI=1S/C29H31N7O3/c1-19-12-20(2)26-22(13-19)14-25(29(37)31-26)27(28-32-33-34-36(28)18-24-8-5-11-39-24)35(17-23-7-4-10-38-23)16-21-6-3-9-30-15-21/h3-4,6-7,9-10,12-15,24,27H,5,8,11,16-18H2,1-2H3,(H,31,37)/t24-,27-/m1/s1. The van der Waals surface area contributed by atoms with Gasteiger partial charge in [-0.25, -0.2) is 4.68 Å². The van der Waals surface area contributed by atoms with E-state index in [9.17, 15) is 4.79 Å². The maximum Gasteiger partial charge on any atom is 0.253 e. The number of nitrogens with zero attached hydrogens (tertiary/aromatic N) is 6. The molecular weight excluding hydrogens is 494 g/mol. The van der Waals surface area contributed by atoms with Crippen LogP contribution in [0, 0.1) is 13.8 Å². The highest BCUT2D eigenvalue weighted by molar-refractivity contribution is 5.83. The Balaban J connectivity index is 1.52. The average Bonchev–Trinajstić information content (AvgIpc) is 3.71. The summed E-state index contributed by atoms with van der Waals surface area (Å²) in [6, 6.07) is 13.3. The summed E-state index contributed by atoms with van der Waals surface area (Å²) in [4.78, 5) is 23.4. The van der Waals surface area contributed by atoms with Crippen molar-refractivity contribution in [2.75, 3.05) is 6.61 Å². The van der Waals surface area contributed by atoms with Gasteiger partial charge in [0, 0.05) is 31.1 Å². The molecule has 5 heterocycles. The molecule has 5 aromatic rings. The molecule has 0 saturated carbocycles. The number of hydrogen-bond donors (Lipinski definition) is 1. The fraction of sp³-hybridized carbons (Fsp3) is 0.345. The predicted octanol–water partition coefficient (Wildman–Crippen LogP) is 4.09. The van der Waals surface area contributed by atoms with Gasteiger partial charge in [-0.2, -0.15) is 0 Å². The number of pyridine rings is 2. The minimum absolute atomic E-state index is 0.0323. The number of rotatable bonds is 9. The van der Waals surface area contributed by atoms with Gasteiger partial charge >= 0.3 is 0 Å². The van der Waals surface area contributed by atoms with Crippen molar-refractivity contribution < 1.29 is 9.15 Å². The van der Waals surface area contributed by atoms with Crippen molar-refractivity contribution in [3.8, 4) is 0 Å². The fourth-order valence-corrected chi connectivity index (χ4v) is 5.49. The van der Waals surface area contributed by atoms with Crippen molar-refractivity contribution in [3.63, 3.8) is 0 Å². The lowest BCUT2D eigenvalue weighted by Crippen LogP contribution is -2.35. The highest BCUT2D eigenvalue weighted by Gasteiger charge is 2.32. The Labute approximate surface area is 225 Å². The summed E-state index contributed by atoms with van der Waals surface area (Å²) in [5.74, 6) is 1.35. The van der Waals surface area contributed by atoms with Crippen LogP contribution >= 0.6 is 0 Å². The van der Waals surface area contributed by atoms with E-state index in [0.29, 0.717) is 31.0 Å². The van der Waals surface area contributed by atoms with Gasteiger partial charge in [0.15, 0.2) is 5.82 Å². The van der Waals surface area contributed by atoms with E-state index in [1.54, 1.807) is 17.1 Å². The van der Waals surface area contributed by atoms with Gasteiger partial charge in [-0.15, -0.1) is 5.10 Å². The lowest BCUT2D eigenvalue weighted by molar-refractivity contribution is 0.0901. The van der Waals surface area contributed by atoms with E-state index in [2.05, 4.69) is 49.4 Å². The summed E-state index contributed by atoms with van der Waals surface area (Å²) in [5, 5.41) is 13.8. The lowest BCUT2D eigenvalue weighted by atomic mass is 10.00. The number of aryl methyl sites for hydroxylation is 2. The molecule has 6 rings (SSSR count). The molecule has 0 spiro atoms. The molecular formula is C29H31N7O3. The Bertz CT molecular complexity index is 1610. The molecule has 4 aromatic heterocycles. The quantitative estimate of drug-likeness (QED) is 0.306. The Morgan fingerprint density at radius 2 is 2.10 bits per heavy atom. The molecule has 0 radical (unpaired) electrons. The van der Waals surface area contributed by atoms with Crippen LogP contribution in [0.25, 0.3) is 10.9 Å². The monoisotopic (exact) mass is 525 g/mol. The maximum absolute atomic E-state index is 13.8. The molecule has 0 unspecified atom stereocenters. The smallest absolute Gasteiger partial charge is 0.253 e. The number of tetrazole rings is 1. The van der Waals surface area contributed by atoms with Gasteiger partial charge in [-0.1, -0.05) is 17.7 Å². The molecule has 0 bridgehead atoms. The first-order chi connectivity index (χ1) is 19.0. The first-order valence-corrected chi connectivity index (χ1v) is 13.2. The van der Waals surface area contributed by atoms with E-state index < -0.39 is 6.04 Å². The minimum atomic E-state index is -0.569. The van der Waals surface area contributed by atoms with Gasteiger partial charge in [-0.3, -0.25) is 14.7 Å². The van der Waals surface area contributed by atoms with Crippen LogP contribution in [0.5, 0.6) is 0 Å². The second-order valence-electron chi connectivity index (χ2n) is 10.2. The third kappa shape index (κ3) is 5.39. The minimum Gasteiger partial charge on any atom is -0.468 e. The maximum atomic E-state index is 13.8. The highest BCUT2D eigenvalue weighted by atomic mass is 16.5. The number of ether oxygens (including phenoxy) is 1. The normalized spacial score (nSPS) is 16.3. The van der Waals surface area contributed by atoms with Crippen molar-refractivity contribution in [1.29, 1.82) is 0 Å². The zero-order valence-electron chi connectivity index (χ0n) is 22.1. The second-order valence-corrected chi connectivity index (χ2v) is 10.2. The number of benzene rings is 1. The first kappa shape index (κ1) is 25.1. The number of H-pyrrole nitrogens is 1. The van der Waals surface area contributed by atoms with Gasteiger partial charge in [-0.05, 0) is 84.0 Å². The van der Waals surface area contributed by atoms with E-state index in [4.69, 9.17) is 9.15 Å². The average molecular weight is 526 g/mol. The number of furan rings is 1. The van der Waals surface area contributed by atoms with Gasteiger partial charge in [0.25, 0.3) is 5.56 Å². The van der Waals surface area contributed by atoms with Crippen molar-refractivity contribution in [3.05, 3.63) is 105 Å². The Kier molecular flexibility index (Phi) is 7.04. The highest BCUT2D eigenvalue weighted by Crippen LogP contribution is 2.31. The molecule has 1 aromatic carbocycles. The van der Waals surface area contributed by atoms with Gasteiger partial charge in [0.05, 0.1) is 31.0 Å². The van der Waals surface area contributed by atoms with Crippen molar-refractivity contribution >= 4 is 10.9 Å². The number of hydrogen-bond acceptors (Lipinski definition) is 8. The summed E-state index contributed by atoms with van der Waals surface area (Å²) < 4.78 is 13.4. The van der Waals surface area contributed by atoms with Gasteiger partial charge in [0.2, 0.25) is 0 Å². The summed E-state index contributed by atoms with van der Waals surface area (Å²) in [7, 11) is 0. The molecule has 1 saturated heterocycles. The zero-order chi connectivity index (χ0) is 26.8. The number of aromatic amines is 1. The van der Waals surface area contributed by atoms with Crippen LogP contribution in [0.3, 0.4) is 0 Å². The van der Waals surface area contributed by atoms with E-state index in [-0.39, 0.29) is 11.7 Å². The van der Waals surface area contributed by atoms with Crippen LogP contribution in [-0.4, -0.2) is 47.8 Å². The third-order valence-electron chi connectivity index (χ3n) is 7.23. The molecule has 10 nitrogen and oxygen atoms in total. The van der Waals surface area contributed by atoms with E-state index in [0.717, 1.165) is 52.8 Å². The fourth-order valence-electron chi connectivity index (χ4n) is 5.49. The Morgan fingerprint density at radius 1 is 1.18 bits per heavy atom. The van der Waals surface area contributed by atoms with Crippen LogP contribution in [0.2, 0.25) is 0 Å². The molecule has 1 aliphatic rings. The zero-order valence-corrected chi connectivity index (χ0v) is 22.1. The molecule has 1 aliphatic heterocycles. The number of nitrogens with one attached hydrogen (secondary N) is 1. The van der Waals surface area contributed by atoms with Crippen LogP contribution < -0.4 is 5.56 Å². The molecule has 0 amide bonds. The summed E-state index contributed by atoms with van der Waals surface area (Å²) in [5.41, 5.74) is 4.36. The summed E-state index contributed by atoms with van der Waals surface area (Å²) >= 11 is 0. The number of fused-ring (bicyclic) bond motifs is 1. The first-order valence-electron chi connectivity index (χ1n) is 13.2. The van der Waals surface area contributed by atoms with E-state index in [1.807, 2.05) is 43.5 Å². The van der Waals surface area contributed by atoms with E-state index in [1.165, 1.54) is 0 Å². The topological polar surface area (TPSA) is 115 Å². The van der Waals surface area contributed by atoms with Crippen molar-refractivity contribution in [2.24, 2.45) is 0 Å². The van der Waals surface area contributed by atoms with Crippen molar-refractivity contribution in [1.82, 2.24) is 35.1 Å². The SMILES string of the molecule is Cc1cc(C)c2[nH]c(=O)c([C@H](c3nnnn3C[C@H]3CCCO3)N(Cc3cccnc3)Cc3ccco3)cc2c1. The largest absolute Gasteiger partial charge is 0.468 e. The summed E-state index contributed by atoms with van der Waals surface area (Å²) in [6.45, 7) is 6.25. The Hall–Kier alpha value is -4.15. The van der Waals surface area contributed by atoms with Crippen LogP contribution in [0.15, 0.2) is 70.3 Å². The second kappa shape index (κ2) is 10.9.